The highest BCUT2D eigenvalue weighted by atomic mass is 79.9. The minimum Gasteiger partial charge on any atom is -0.480 e. The van der Waals surface area contributed by atoms with Gasteiger partial charge in [-0.05, 0) is 40.2 Å². The number of aliphatic carboxylic acids is 1. The lowest BCUT2D eigenvalue weighted by atomic mass is 10.2. The van der Waals surface area contributed by atoms with Gasteiger partial charge in [-0.25, -0.2) is 0 Å². The van der Waals surface area contributed by atoms with E-state index in [1.54, 1.807) is 11.3 Å². The highest BCUT2D eigenvalue weighted by Gasteiger charge is 2.30. The third kappa shape index (κ3) is 1.85. The lowest BCUT2D eigenvalue weighted by Crippen LogP contribution is -2.31. The second-order valence-electron chi connectivity index (χ2n) is 3.32. The monoisotopic (exact) mass is 275 g/mol. The summed E-state index contributed by atoms with van der Waals surface area (Å²) in [5, 5.41) is 14.0. The average molecular weight is 276 g/mol. The van der Waals surface area contributed by atoms with E-state index < -0.39 is 5.97 Å². The van der Waals surface area contributed by atoms with Crippen molar-refractivity contribution < 1.29 is 9.90 Å². The number of nitrogens with one attached hydrogen (secondary N) is 1. The summed E-state index contributed by atoms with van der Waals surface area (Å²) in [6.07, 6.45) is 1.61. The molecule has 0 amide bonds. The fraction of sp³-hybridized carbons (Fsp3) is 0.444. The van der Waals surface area contributed by atoms with Crippen molar-refractivity contribution in [1.82, 2.24) is 5.32 Å². The number of rotatable bonds is 2. The fourth-order valence-corrected chi connectivity index (χ4v) is 3.44. The van der Waals surface area contributed by atoms with E-state index in [1.807, 2.05) is 11.4 Å². The Hall–Kier alpha value is -0.390. The Kier molecular flexibility index (Phi) is 2.90. The van der Waals surface area contributed by atoms with E-state index in [0.717, 1.165) is 10.9 Å². The molecule has 2 heterocycles. The number of thiophene rings is 1. The van der Waals surface area contributed by atoms with Crippen LogP contribution in [0.3, 0.4) is 0 Å². The van der Waals surface area contributed by atoms with Crippen LogP contribution in [0.15, 0.2) is 15.9 Å². The number of carbonyl (C=O) groups is 1. The lowest BCUT2D eigenvalue weighted by Gasteiger charge is -2.10. The number of halogens is 1. The van der Waals surface area contributed by atoms with Gasteiger partial charge >= 0.3 is 5.97 Å². The highest BCUT2D eigenvalue weighted by Crippen LogP contribution is 2.35. The molecule has 1 fully saturated rings. The Bertz CT molecular complexity index is 352. The predicted octanol–water partition coefficient (Wildman–Crippen LogP) is 2.39. The van der Waals surface area contributed by atoms with Gasteiger partial charge in [0, 0.05) is 15.4 Å². The predicted molar refractivity (Wildman–Crippen MR) is 58.6 cm³/mol. The van der Waals surface area contributed by atoms with E-state index in [9.17, 15) is 4.79 Å². The topological polar surface area (TPSA) is 49.3 Å². The largest absolute Gasteiger partial charge is 0.480 e. The van der Waals surface area contributed by atoms with Crippen LogP contribution in [0.2, 0.25) is 0 Å². The zero-order valence-electron chi connectivity index (χ0n) is 7.37. The molecule has 1 aliphatic rings. The molecule has 1 aromatic heterocycles. The average Bonchev–Trinajstić information content (AvgIpc) is 2.71. The third-order valence-corrected chi connectivity index (χ3v) is 4.39. The highest BCUT2D eigenvalue weighted by molar-refractivity contribution is 9.10. The number of hydrogen-bond acceptors (Lipinski definition) is 3. The molecular formula is C9H10BrNO2S. The standard InChI is InChI=1S/C9H10BrNO2S/c10-5-3-4-14-8(5)6-1-2-7(11-6)9(12)13/h3-4,6-7,11H,1-2H2,(H,12,13)/t6-,7-/m1/s1. The van der Waals surface area contributed by atoms with E-state index in [1.165, 1.54) is 4.88 Å². The van der Waals surface area contributed by atoms with Gasteiger partial charge < -0.3 is 5.11 Å². The first-order valence-electron chi connectivity index (χ1n) is 4.40. The molecule has 1 aromatic rings. The van der Waals surface area contributed by atoms with Crippen molar-refractivity contribution in [3.05, 3.63) is 20.8 Å². The molecule has 0 radical (unpaired) electrons. The summed E-state index contributed by atoms with van der Waals surface area (Å²) in [6.45, 7) is 0. The van der Waals surface area contributed by atoms with Crippen LogP contribution in [0.4, 0.5) is 0 Å². The zero-order chi connectivity index (χ0) is 10.1. The number of hydrogen-bond donors (Lipinski definition) is 2. The van der Waals surface area contributed by atoms with Gasteiger partial charge in [-0.1, -0.05) is 0 Å². The lowest BCUT2D eigenvalue weighted by molar-refractivity contribution is -0.139. The van der Waals surface area contributed by atoms with Gasteiger partial charge in [-0.3, -0.25) is 10.1 Å². The molecule has 2 rings (SSSR count). The Morgan fingerprint density at radius 2 is 2.43 bits per heavy atom. The van der Waals surface area contributed by atoms with Crippen LogP contribution in [0.1, 0.15) is 23.8 Å². The van der Waals surface area contributed by atoms with E-state index >= 15 is 0 Å². The van der Waals surface area contributed by atoms with Crippen molar-refractivity contribution in [2.45, 2.75) is 24.9 Å². The van der Waals surface area contributed by atoms with Gasteiger partial charge in [0.1, 0.15) is 6.04 Å². The van der Waals surface area contributed by atoms with Crippen LogP contribution >= 0.6 is 27.3 Å². The van der Waals surface area contributed by atoms with E-state index in [2.05, 4.69) is 21.2 Å². The van der Waals surface area contributed by atoms with Crippen LogP contribution in [0.25, 0.3) is 0 Å². The van der Waals surface area contributed by atoms with Crippen molar-refractivity contribution >= 4 is 33.2 Å². The normalized spacial score (nSPS) is 26.6. The van der Waals surface area contributed by atoms with Crippen molar-refractivity contribution in [1.29, 1.82) is 0 Å². The Morgan fingerprint density at radius 3 is 2.93 bits per heavy atom. The number of carboxylic acid groups (broad SMARTS) is 1. The molecular weight excluding hydrogens is 266 g/mol. The molecule has 14 heavy (non-hydrogen) atoms. The quantitative estimate of drug-likeness (QED) is 0.872. The second kappa shape index (κ2) is 4.00. The van der Waals surface area contributed by atoms with E-state index in [4.69, 9.17) is 5.11 Å². The molecule has 1 aliphatic heterocycles. The smallest absolute Gasteiger partial charge is 0.320 e. The number of carboxylic acids is 1. The summed E-state index contributed by atoms with van der Waals surface area (Å²) in [7, 11) is 0. The molecule has 0 bridgehead atoms. The summed E-state index contributed by atoms with van der Waals surface area (Å²) >= 11 is 5.11. The molecule has 0 saturated carbocycles. The third-order valence-electron chi connectivity index (χ3n) is 2.41. The molecule has 5 heteroatoms. The minimum atomic E-state index is -0.750. The van der Waals surface area contributed by atoms with Crippen LogP contribution < -0.4 is 5.32 Å². The molecule has 3 nitrogen and oxygen atoms in total. The van der Waals surface area contributed by atoms with Crippen molar-refractivity contribution in [3.63, 3.8) is 0 Å². The Morgan fingerprint density at radius 1 is 1.64 bits per heavy atom. The summed E-state index contributed by atoms with van der Waals surface area (Å²) < 4.78 is 1.08. The first-order chi connectivity index (χ1) is 6.68. The fourth-order valence-electron chi connectivity index (χ4n) is 1.70. The van der Waals surface area contributed by atoms with Gasteiger partial charge in [0.2, 0.25) is 0 Å². The van der Waals surface area contributed by atoms with Crippen LogP contribution in [0, 0.1) is 0 Å². The van der Waals surface area contributed by atoms with Crippen LogP contribution in [-0.4, -0.2) is 17.1 Å². The Balaban J connectivity index is 2.10. The van der Waals surface area contributed by atoms with E-state index in [-0.39, 0.29) is 12.1 Å². The molecule has 2 N–H and O–H groups in total. The van der Waals surface area contributed by atoms with E-state index in [0.29, 0.717) is 6.42 Å². The molecule has 0 unspecified atom stereocenters. The first-order valence-corrected chi connectivity index (χ1v) is 6.07. The molecule has 0 spiro atoms. The maximum absolute atomic E-state index is 10.7. The van der Waals surface area contributed by atoms with Gasteiger partial charge in [-0.2, -0.15) is 0 Å². The summed E-state index contributed by atoms with van der Waals surface area (Å²) in [5.74, 6) is -0.750. The minimum absolute atomic E-state index is 0.200. The van der Waals surface area contributed by atoms with Crippen LogP contribution in [0.5, 0.6) is 0 Å². The van der Waals surface area contributed by atoms with Crippen molar-refractivity contribution in [2.75, 3.05) is 0 Å². The van der Waals surface area contributed by atoms with Gasteiger partial charge in [0.05, 0.1) is 0 Å². The zero-order valence-corrected chi connectivity index (χ0v) is 9.77. The van der Waals surface area contributed by atoms with Gasteiger partial charge in [-0.15, -0.1) is 11.3 Å². The molecule has 2 atom stereocenters. The second-order valence-corrected chi connectivity index (χ2v) is 5.12. The van der Waals surface area contributed by atoms with Gasteiger partial charge in [0.25, 0.3) is 0 Å². The molecule has 0 aliphatic carbocycles. The maximum atomic E-state index is 10.7. The first kappa shape index (κ1) is 10.1. The van der Waals surface area contributed by atoms with Crippen molar-refractivity contribution in [2.24, 2.45) is 0 Å². The molecule has 0 aromatic carbocycles. The molecule has 1 saturated heterocycles. The summed E-state index contributed by atoms with van der Waals surface area (Å²) in [5.41, 5.74) is 0. The SMILES string of the molecule is O=C(O)[C@H]1CC[C@H](c2sccc2Br)N1. The summed E-state index contributed by atoms with van der Waals surface area (Å²) in [6, 6.07) is 1.81. The summed E-state index contributed by atoms with van der Waals surface area (Å²) in [4.78, 5) is 11.9. The van der Waals surface area contributed by atoms with Gasteiger partial charge in [0.15, 0.2) is 0 Å². The Labute approximate surface area is 94.3 Å². The molecule has 76 valence electrons. The van der Waals surface area contributed by atoms with Crippen molar-refractivity contribution in [3.8, 4) is 0 Å². The van der Waals surface area contributed by atoms with Crippen LogP contribution in [-0.2, 0) is 4.79 Å². The maximum Gasteiger partial charge on any atom is 0.320 e.